The smallest absolute Gasteiger partial charge is 0.231 e. The van der Waals surface area contributed by atoms with Gasteiger partial charge >= 0.3 is 0 Å². The molecule has 2 N–H and O–H groups in total. The molecule has 0 amide bonds. The second kappa shape index (κ2) is 4.78. The van der Waals surface area contributed by atoms with Gasteiger partial charge in [0.05, 0.1) is 5.39 Å². The van der Waals surface area contributed by atoms with E-state index < -0.39 is 0 Å². The van der Waals surface area contributed by atoms with Gasteiger partial charge in [0, 0.05) is 6.07 Å². The van der Waals surface area contributed by atoms with Crippen LogP contribution in [0.4, 0.5) is 5.82 Å². The van der Waals surface area contributed by atoms with E-state index in [1.807, 2.05) is 23.6 Å². The molecular formula is C14H11N3O3S. The first-order chi connectivity index (χ1) is 10.3. The zero-order valence-electron chi connectivity index (χ0n) is 10.9. The second-order valence-electron chi connectivity index (χ2n) is 4.47. The van der Waals surface area contributed by atoms with Gasteiger partial charge in [-0.1, -0.05) is 0 Å². The van der Waals surface area contributed by atoms with Crippen LogP contribution < -0.4 is 19.9 Å². The van der Waals surface area contributed by atoms with Crippen molar-refractivity contribution in [1.29, 1.82) is 0 Å². The molecule has 1 aliphatic rings. The average molecular weight is 301 g/mol. The normalized spacial score (nSPS) is 12.8. The van der Waals surface area contributed by atoms with E-state index in [2.05, 4.69) is 9.97 Å². The van der Waals surface area contributed by atoms with E-state index in [0.717, 1.165) is 16.0 Å². The monoisotopic (exact) mass is 301 g/mol. The van der Waals surface area contributed by atoms with Gasteiger partial charge in [-0.25, -0.2) is 9.97 Å². The highest BCUT2D eigenvalue weighted by molar-refractivity contribution is 7.16. The van der Waals surface area contributed by atoms with Crippen LogP contribution in [0.2, 0.25) is 0 Å². The van der Waals surface area contributed by atoms with E-state index in [1.54, 1.807) is 6.07 Å². The third-order valence-electron chi connectivity index (χ3n) is 3.11. The van der Waals surface area contributed by atoms with Crippen LogP contribution in [0.5, 0.6) is 17.2 Å². The molecule has 0 saturated carbocycles. The van der Waals surface area contributed by atoms with Crippen molar-refractivity contribution in [2.45, 2.75) is 6.61 Å². The summed E-state index contributed by atoms with van der Waals surface area (Å²) < 4.78 is 16.2. The lowest BCUT2D eigenvalue weighted by atomic mass is 10.3. The molecule has 0 unspecified atom stereocenters. The van der Waals surface area contributed by atoms with Crippen molar-refractivity contribution < 1.29 is 14.2 Å². The number of ether oxygens (including phenoxy) is 3. The van der Waals surface area contributed by atoms with Crippen molar-refractivity contribution in [3.8, 4) is 17.2 Å². The van der Waals surface area contributed by atoms with Crippen LogP contribution in [0.25, 0.3) is 10.2 Å². The van der Waals surface area contributed by atoms with Gasteiger partial charge in [-0.3, -0.25) is 0 Å². The summed E-state index contributed by atoms with van der Waals surface area (Å²) in [5, 5.41) is 2.82. The number of nitrogens with zero attached hydrogens (tertiary/aromatic N) is 2. The summed E-state index contributed by atoms with van der Waals surface area (Å²) in [6.45, 7) is 0.491. The minimum atomic E-state index is 0.244. The van der Waals surface area contributed by atoms with Crippen molar-refractivity contribution >= 4 is 27.4 Å². The van der Waals surface area contributed by atoms with Crippen molar-refractivity contribution in [1.82, 2.24) is 9.97 Å². The topological polar surface area (TPSA) is 79.5 Å². The quantitative estimate of drug-likeness (QED) is 0.801. The number of rotatable bonds is 3. The van der Waals surface area contributed by atoms with Crippen LogP contribution in [0.3, 0.4) is 0 Å². The molecule has 1 aliphatic heterocycles. The predicted molar refractivity (Wildman–Crippen MR) is 78.7 cm³/mol. The SMILES string of the molecule is Nc1nc(COc2ccc3c(c2)OCO3)nc2sccc12. The Morgan fingerprint density at radius 3 is 3.05 bits per heavy atom. The lowest BCUT2D eigenvalue weighted by molar-refractivity contribution is 0.173. The van der Waals surface area contributed by atoms with Crippen molar-refractivity contribution in [2.24, 2.45) is 0 Å². The summed E-state index contributed by atoms with van der Waals surface area (Å²) in [7, 11) is 0. The van der Waals surface area contributed by atoms with E-state index in [9.17, 15) is 0 Å². The fourth-order valence-electron chi connectivity index (χ4n) is 2.10. The third-order valence-corrected chi connectivity index (χ3v) is 3.92. The minimum absolute atomic E-state index is 0.244. The summed E-state index contributed by atoms with van der Waals surface area (Å²) in [4.78, 5) is 9.55. The standard InChI is InChI=1S/C14H11N3O3S/c15-13-9-3-4-21-14(9)17-12(16-13)6-18-8-1-2-10-11(5-8)20-7-19-10/h1-5H,6-7H2,(H2,15,16,17). The maximum Gasteiger partial charge on any atom is 0.231 e. The highest BCUT2D eigenvalue weighted by atomic mass is 32.1. The highest BCUT2D eigenvalue weighted by Crippen LogP contribution is 2.35. The summed E-state index contributed by atoms with van der Waals surface area (Å²) in [5.41, 5.74) is 5.91. The molecule has 0 bridgehead atoms. The Hall–Kier alpha value is -2.54. The number of hydrogen-bond acceptors (Lipinski definition) is 7. The number of anilines is 1. The lowest BCUT2D eigenvalue weighted by Crippen LogP contribution is -2.04. The first-order valence-corrected chi connectivity index (χ1v) is 7.19. The summed E-state index contributed by atoms with van der Waals surface area (Å²) in [6.07, 6.45) is 0. The van der Waals surface area contributed by atoms with Gasteiger partial charge < -0.3 is 19.9 Å². The summed E-state index contributed by atoms with van der Waals surface area (Å²) in [6, 6.07) is 7.34. The van der Waals surface area contributed by atoms with Gasteiger partial charge in [-0.05, 0) is 23.6 Å². The van der Waals surface area contributed by atoms with Gasteiger partial charge in [-0.2, -0.15) is 0 Å². The van der Waals surface area contributed by atoms with Gasteiger partial charge in [0.2, 0.25) is 6.79 Å². The summed E-state index contributed by atoms with van der Waals surface area (Å²) >= 11 is 1.53. The van der Waals surface area contributed by atoms with Crippen LogP contribution in [-0.2, 0) is 6.61 Å². The molecule has 7 heteroatoms. The van der Waals surface area contributed by atoms with Gasteiger partial charge in [-0.15, -0.1) is 11.3 Å². The van der Waals surface area contributed by atoms with Crippen LogP contribution >= 0.6 is 11.3 Å². The lowest BCUT2D eigenvalue weighted by Gasteiger charge is -2.07. The first kappa shape index (κ1) is 12.2. The maximum atomic E-state index is 5.91. The molecule has 0 aliphatic carbocycles. The zero-order valence-corrected chi connectivity index (χ0v) is 11.7. The Morgan fingerprint density at radius 2 is 2.10 bits per heavy atom. The van der Waals surface area contributed by atoms with Crippen LogP contribution in [-0.4, -0.2) is 16.8 Å². The second-order valence-corrected chi connectivity index (χ2v) is 5.36. The number of benzene rings is 1. The molecule has 21 heavy (non-hydrogen) atoms. The van der Waals surface area contributed by atoms with Crippen molar-refractivity contribution in [2.75, 3.05) is 12.5 Å². The Labute approximate surface area is 124 Å². The molecule has 3 heterocycles. The van der Waals surface area contributed by atoms with E-state index in [4.69, 9.17) is 19.9 Å². The Kier molecular flexibility index (Phi) is 2.78. The minimum Gasteiger partial charge on any atom is -0.485 e. The molecule has 0 radical (unpaired) electrons. The van der Waals surface area contributed by atoms with Gasteiger partial charge in [0.25, 0.3) is 0 Å². The number of hydrogen-bond donors (Lipinski definition) is 1. The van der Waals surface area contributed by atoms with Crippen LogP contribution in [0, 0.1) is 0 Å². The van der Waals surface area contributed by atoms with Gasteiger partial charge in [0.1, 0.15) is 23.0 Å². The number of thiophene rings is 1. The molecule has 0 saturated heterocycles. The molecule has 106 valence electrons. The molecular weight excluding hydrogens is 290 g/mol. The number of nitrogens with two attached hydrogens (primary N) is 1. The first-order valence-electron chi connectivity index (χ1n) is 6.31. The van der Waals surface area contributed by atoms with E-state index in [0.29, 0.717) is 23.1 Å². The Bertz CT molecular complexity index is 818. The van der Waals surface area contributed by atoms with Crippen LogP contribution in [0.1, 0.15) is 5.82 Å². The molecule has 1 aromatic carbocycles. The average Bonchev–Trinajstić information content (AvgIpc) is 3.13. The third kappa shape index (κ3) is 2.21. The van der Waals surface area contributed by atoms with Crippen molar-refractivity contribution in [3.05, 3.63) is 35.5 Å². The van der Waals surface area contributed by atoms with Crippen LogP contribution in [0.15, 0.2) is 29.6 Å². The molecule has 4 rings (SSSR count). The maximum absolute atomic E-state index is 5.91. The fraction of sp³-hybridized carbons (Fsp3) is 0.143. The molecule has 0 atom stereocenters. The van der Waals surface area contributed by atoms with E-state index >= 15 is 0 Å². The predicted octanol–water partition coefficient (Wildman–Crippen LogP) is 2.58. The number of nitrogen functional groups attached to an aromatic ring is 1. The Morgan fingerprint density at radius 1 is 1.19 bits per heavy atom. The number of aromatic nitrogens is 2. The molecule has 3 aromatic rings. The molecule has 0 spiro atoms. The zero-order chi connectivity index (χ0) is 14.2. The molecule has 6 nitrogen and oxygen atoms in total. The number of fused-ring (bicyclic) bond motifs is 2. The van der Waals surface area contributed by atoms with Crippen molar-refractivity contribution in [3.63, 3.8) is 0 Å². The fourth-order valence-corrected chi connectivity index (χ4v) is 2.89. The van der Waals surface area contributed by atoms with Gasteiger partial charge in [0.15, 0.2) is 17.3 Å². The Balaban J connectivity index is 1.55. The van der Waals surface area contributed by atoms with E-state index in [1.165, 1.54) is 11.3 Å². The molecule has 0 fully saturated rings. The molecule has 2 aromatic heterocycles. The highest BCUT2D eigenvalue weighted by Gasteiger charge is 2.14. The summed E-state index contributed by atoms with van der Waals surface area (Å²) in [5.74, 6) is 3.11. The van der Waals surface area contributed by atoms with E-state index in [-0.39, 0.29) is 13.4 Å². The largest absolute Gasteiger partial charge is 0.485 e.